The van der Waals surface area contributed by atoms with E-state index in [2.05, 4.69) is 10.0 Å². The van der Waals surface area contributed by atoms with Gasteiger partial charge in [-0.2, -0.15) is 13.7 Å². The van der Waals surface area contributed by atoms with Crippen LogP contribution < -0.4 is 19.9 Å². The number of nitriles is 1. The molecule has 1 aliphatic carbocycles. The topological polar surface area (TPSA) is 144 Å². The monoisotopic (exact) mass is 396 g/mol. The number of rotatable bonds is 6. The summed E-state index contributed by atoms with van der Waals surface area (Å²) in [6.07, 6.45) is 1.82. The second kappa shape index (κ2) is 7.62. The maximum absolute atomic E-state index is 12.1. The van der Waals surface area contributed by atoms with E-state index in [1.165, 1.54) is 6.07 Å². The van der Waals surface area contributed by atoms with Crippen LogP contribution in [0.5, 0.6) is 5.75 Å². The molecular formula is C17H24N4O5S. The van der Waals surface area contributed by atoms with E-state index in [1.54, 1.807) is 32.9 Å². The third kappa shape index (κ3) is 6.01. The molecule has 0 aromatic heterocycles. The highest BCUT2D eigenvalue weighted by Crippen LogP contribution is 2.34. The van der Waals surface area contributed by atoms with Crippen LogP contribution in [0.15, 0.2) is 18.2 Å². The van der Waals surface area contributed by atoms with Gasteiger partial charge in [-0.05, 0) is 52.2 Å². The lowest BCUT2D eigenvalue weighted by Gasteiger charge is -2.42. The second-order valence-corrected chi connectivity index (χ2v) is 8.78. The normalized spacial score (nSPS) is 15.8. The molecule has 4 N–H and O–H groups in total. The van der Waals surface area contributed by atoms with Crippen molar-refractivity contribution in [3.8, 4) is 11.8 Å². The minimum absolute atomic E-state index is 0.0123. The minimum atomic E-state index is -4.03. The van der Waals surface area contributed by atoms with E-state index in [0.717, 1.165) is 6.42 Å². The lowest BCUT2D eigenvalue weighted by atomic mass is 9.77. The number of hydrogen-bond acceptors (Lipinski definition) is 6. The Hall–Kier alpha value is -2.51. The van der Waals surface area contributed by atoms with Gasteiger partial charge in [0.1, 0.15) is 29.6 Å². The summed E-state index contributed by atoms with van der Waals surface area (Å²) in [4.78, 5) is 12.1. The zero-order valence-corrected chi connectivity index (χ0v) is 16.4. The van der Waals surface area contributed by atoms with Gasteiger partial charge in [-0.3, -0.25) is 4.72 Å². The number of amides is 1. The SMILES string of the molecule is CC(C)(C)OC(=O)NC1(COc2cccc(NS(N)(=O)=O)c2C#N)CCC1. The molecule has 1 amide bonds. The van der Waals surface area contributed by atoms with Gasteiger partial charge in [-0.15, -0.1) is 0 Å². The van der Waals surface area contributed by atoms with E-state index in [1.807, 2.05) is 6.07 Å². The van der Waals surface area contributed by atoms with Crippen LogP contribution >= 0.6 is 0 Å². The van der Waals surface area contributed by atoms with Gasteiger partial charge < -0.3 is 14.8 Å². The Bertz CT molecular complexity index is 851. The Balaban J connectivity index is 2.12. The number of nitrogens with zero attached hydrogens (tertiary/aromatic N) is 1. The largest absolute Gasteiger partial charge is 0.490 e. The summed E-state index contributed by atoms with van der Waals surface area (Å²) >= 11 is 0. The van der Waals surface area contributed by atoms with Crippen LogP contribution in [0, 0.1) is 11.3 Å². The van der Waals surface area contributed by atoms with Gasteiger partial charge >= 0.3 is 6.09 Å². The summed E-state index contributed by atoms with van der Waals surface area (Å²) in [6, 6.07) is 6.41. The first-order valence-electron chi connectivity index (χ1n) is 8.41. The minimum Gasteiger partial charge on any atom is -0.490 e. The molecule has 0 atom stereocenters. The molecule has 27 heavy (non-hydrogen) atoms. The third-order valence-electron chi connectivity index (χ3n) is 3.97. The van der Waals surface area contributed by atoms with Crippen molar-refractivity contribution >= 4 is 22.0 Å². The van der Waals surface area contributed by atoms with Crippen LogP contribution in [0.1, 0.15) is 45.6 Å². The van der Waals surface area contributed by atoms with Gasteiger partial charge in [0.15, 0.2) is 0 Å². The molecule has 0 saturated heterocycles. The number of ether oxygens (including phenoxy) is 2. The molecule has 1 saturated carbocycles. The molecule has 9 nitrogen and oxygen atoms in total. The number of nitrogens with one attached hydrogen (secondary N) is 2. The van der Waals surface area contributed by atoms with E-state index >= 15 is 0 Å². The van der Waals surface area contributed by atoms with Crippen molar-refractivity contribution in [3.05, 3.63) is 23.8 Å². The van der Waals surface area contributed by atoms with Crippen LogP contribution in [-0.2, 0) is 14.9 Å². The molecule has 0 bridgehead atoms. The third-order valence-corrected chi connectivity index (χ3v) is 4.48. The van der Waals surface area contributed by atoms with Crippen molar-refractivity contribution < 1.29 is 22.7 Å². The lowest BCUT2D eigenvalue weighted by Crippen LogP contribution is -2.58. The quantitative estimate of drug-likeness (QED) is 0.671. The summed E-state index contributed by atoms with van der Waals surface area (Å²) in [7, 11) is -4.03. The molecule has 1 fully saturated rings. The first-order chi connectivity index (χ1) is 12.4. The van der Waals surface area contributed by atoms with Gasteiger partial charge in [0.05, 0.1) is 11.2 Å². The number of anilines is 1. The van der Waals surface area contributed by atoms with E-state index in [-0.39, 0.29) is 23.6 Å². The fourth-order valence-electron chi connectivity index (χ4n) is 2.65. The van der Waals surface area contributed by atoms with E-state index in [4.69, 9.17) is 14.6 Å². The van der Waals surface area contributed by atoms with Gasteiger partial charge in [-0.1, -0.05) is 6.07 Å². The zero-order chi connectivity index (χ0) is 20.3. The van der Waals surface area contributed by atoms with Gasteiger partial charge in [-0.25, -0.2) is 9.93 Å². The molecule has 148 valence electrons. The van der Waals surface area contributed by atoms with Crippen LogP contribution in [0.2, 0.25) is 0 Å². The molecule has 2 rings (SSSR count). The summed E-state index contributed by atoms with van der Waals surface area (Å²) in [6.45, 7) is 5.46. The summed E-state index contributed by atoms with van der Waals surface area (Å²) in [5.41, 5.74) is -1.16. The smallest absolute Gasteiger partial charge is 0.408 e. The first kappa shape index (κ1) is 20.8. The lowest BCUT2D eigenvalue weighted by molar-refractivity contribution is 0.0293. The van der Waals surface area contributed by atoms with Gasteiger partial charge in [0.2, 0.25) is 0 Å². The Morgan fingerprint density at radius 3 is 2.52 bits per heavy atom. The Kier molecular flexibility index (Phi) is 5.87. The molecule has 0 spiro atoms. The first-order valence-corrected chi connectivity index (χ1v) is 9.95. The number of nitrogens with two attached hydrogens (primary N) is 1. The average molecular weight is 396 g/mol. The number of carbonyl (C=O) groups is 1. The number of benzene rings is 1. The average Bonchev–Trinajstić information content (AvgIpc) is 2.46. The zero-order valence-electron chi connectivity index (χ0n) is 15.5. The van der Waals surface area contributed by atoms with Crippen LogP contribution in [0.25, 0.3) is 0 Å². The molecule has 1 aromatic rings. The molecule has 10 heteroatoms. The molecular weight excluding hydrogens is 372 g/mol. The number of hydrogen-bond donors (Lipinski definition) is 3. The summed E-state index contributed by atoms with van der Waals surface area (Å²) in [5.74, 6) is 0.198. The van der Waals surface area contributed by atoms with Crippen molar-refractivity contribution in [1.29, 1.82) is 5.26 Å². The van der Waals surface area contributed by atoms with Gasteiger partial charge in [0, 0.05) is 0 Å². The van der Waals surface area contributed by atoms with Crippen LogP contribution in [-0.4, -0.2) is 32.3 Å². The molecule has 0 aliphatic heterocycles. The molecule has 0 unspecified atom stereocenters. The highest BCUT2D eigenvalue weighted by atomic mass is 32.2. The molecule has 1 aliphatic rings. The highest BCUT2D eigenvalue weighted by molar-refractivity contribution is 7.90. The van der Waals surface area contributed by atoms with Crippen molar-refractivity contribution in [3.63, 3.8) is 0 Å². The predicted molar refractivity (Wildman–Crippen MR) is 99.3 cm³/mol. The molecule has 1 aromatic carbocycles. The van der Waals surface area contributed by atoms with E-state index in [9.17, 15) is 18.5 Å². The maximum atomic E-state index is 12.1. The summed E-state index contributed by atoms with van der Waals surface area (Å²) < 4.78 is 35.6. The molecule has 0 heterocycles. The number of carbonyl (C=O) groups excluding carboxylic acids is 1. The van der Waals surface area contributed by atoms with Crippen molar-refractivity contribution in [2.45, 2.75) is 51.2 Å². The van der Waals surface area contributed by atoms with Crippen LogP contribution in [0.3, 0.4) is 0 Å². The Morgan fingerprint density at radius 2 is 2.04 bits per heavy atom. The van der Waals surface area contributed by atoms with Crippen molar-refractivity contribution in [2.75, 3.05) is 11.3 Å². The van der Waals surface area contributed by atoms with Crippen molar-refractivity contribution in [1.82, 2.24) is 5.32 Å². The highest BCUT2D eigenvalue weighted by Gasteiger charge is 2.40. The van der Waals surface area contributed by atoms with Crippen LogP contribution in [0.4, 0.5) is 10.5 Å². The maximum Gasteiger partial charge on any atom is 0.408 e. The summed E-state index contributed by atoms with van der Waals surface area (Å²) in [5, 5.41) is 17.2. The second-order valence-electron chi connectivity index (χ2n) is 7.49. The standard InChI is InChI=1S/C17H24N4O5S/c1-16(2,3)26-15(22)20-17(8-5-9-17)11-25-14-7-4-6-13(12(14)10-18)21-27(19,23)24/h4,6-7,21H,5,8-9,11H2,1-3H3,(H,20,22)(H2,19,23,24). The van der Waals surface area contributed by atoms with Crippen molar-refractivity contribution in [2.24, 2.45) is 5.14 Å². The predicted octanol–water partition coefficient (Wildman–Crippen LogP) is 2.00. The number of alkyl carbamates (subject to hydrolysis) is 1. The molecule has 0 radical (unpaired) electrons. The fraction of sp³-hybridized carbons (Fsp3) is 0.529. The van der Waals surface area contributed by atoms with Gasteiger partial charge in [0.25, 0.3) is 10.2 Å². The Morgan fingerprint density at radius 1 is 1.37 bits per heavy atom. The van der Waals surface area contributed by atoms with E-state index in [0.29, 0.717) is 12.8 Å². The fourth-order valence-corrected chi connectivity index (χ4v) is 3.13. The Labute approximate surface area is 159 Å². The van der Waals surface area contributed by atoms with E-state index < -0.39 is 27.4 Å².